The first-order chi connectivity index (χ1) is 11.0. The summed E-state index contributed by atoms with van der Waals surface area (Å²) in [6.45, 7) is 1.71. The topological polar surface area (TPSA) is 101 Å². The lowest BCUT2D eigenvalue weighted by atomic mass is 10.2. The van der Waals surface area contributed by atoms with Crippen LogP contribution in [0.2, 0.25) is 0 Å². The molecule has 0 radical (unpaired) electrons. The number of hydrogen-bond acceptors (Lipinski definition) is 7. The van der Waals surface area contributed by atoms with Crippen LogP contribution in [0.1, 0.15) is 41.0 Å². The van der Waals surface area contributed by atoms with E-state index in [4.69, 9.17) is 10.3 Å². The van der Waals surface area contributed by atoms with Crippen LogP contribution in [0.5, 0.6) is 0 Å². The van der Waals surface area contributed by atoms with Gasteiger partial charge < -0.3 is 15.2 Å². The molecule has 1 atom stereocenters. The number of rotatable bonds is 5. The second kappa shape index (κ2) is 6.33. The van der Waals surface area contributed by atoms with E-state index in [0.29, 0.717) is 5.89 Å². The number of likely N-dealkylation sites (tertiary alicyclic amines) is 1. The summed E-state index contributed by atoms with van der Waals surface area (Å²) in [4.78, 5) is 23.8. The average molecular weight is 316 g/mol. The van der Waals surface area contributed by atoms with Gasteiger partial charge in [-0.1, -0.05) is 5.16 Å². The van der Waals surface area contributed by atoms with Crippen molar-refractivity contribution in [1.82, 2.24) is 20.0 Å². The fourth-order valence-electron chi connectivity index (χ4n) is 2.80. The van der Waals surface area contributed by atoms with Gasteiger partial charge in [-0.05, 0) is 37.1 Å². The highest BCUT2D eigenvalue weighted by Gasteiger charge is 2.31. The van der Waals surface area contributed by atoms with Crippen LogP contribution < -0.4 is 10.6 Å². The number of pyridine rings is 1. The Labute approximate surface area is 134 Å². The molecule has 0 aliphatic carbocycles. The monoisotopic (exact) mass is 316 g/mol. The van der Waals surface area contributed by atoms with E-state index in [9.17, 15) is 4.79 Å². The van der Waals surface area contributed by atoms with Gasteiger partial charge in [0.15, 0.2) is 0 Å². The average Bonchev–Trinajstić information content (AvgIpc) is 3.16. The van der Waals surface area contributed by atoms with Crippen molar-refractivity contribution >= 4 is 11.7 Å². The molecule has 1 saturated heterocycles. The molecule has 1 fully saturated rings. The Bertz CT molecular complexity index is 699. The van der Waals surface area contributed by atoms with Crippen molar-refractivity contribution in [3.8, 4) is 0 Å². The van der Waals surface area contributed by atoms with Gasteiger partial charge in [0.1, 0.15) is 5.82 Å². The maximum atomic E-state index is 11.1. The molecule has 8 nitrogen and oxygen atoms in total. The minimum atomic E-state index is -0.672. The summed E-state index contributed by atoms with van der Waals surface area (Å²) in [6.07, 6.45) is 3.78. The van der Waals surface area contributed by atoms with Crippen molar-refractivity contribution in [2.75, 3.05) is 25.5 Å². The number of carbonyl (C=O) groups excluding carboxylic acids is 1. The van der Waals surface area contributed by atoms with Gasteiger partial charge in [0.05, 0.1) is 6.04 Å². The summed E-state index contributed by atoms with van der Waals surface area (Å²) in [7, 11) is 3.93. The molecule has 2 N–H and O–H groups in total. The Kier molecular flexibility index (Phi) is 4.24. The fourth-order valence-corrected chi connectivity index (χ4v) is 2.80. The first kappa shape index (κ1) is 15.4. The second-order valence-electron chi connectivity index (χ2n) is 5.87. The summed E-state index contributed by atoms with van der Waals surface area (Å²) in [6, 6.07) is 4.09. The number of carbonyl (C=O) groups is 1. The molecule has 3 heterocycles. The summed E-state index contributed by atoms with van der Waals surface area (Å²) >= 11 is 0. The summed E-state index contributed by atoms with van der Waals surface area (Å²) in [5.74, 6) is 0.644. The lowest BCUT2D eigenvalue weighted by Crippen LogP contribution is -2.23. The normalized spacial score (nSPS) is 18.3. The van der Waals surface area contributed by atoms with Gasteiger partial charge >= 0.3 is 0 Å². The molecule has 0 unspecified atom stereocenters. The maximum absolute atomic E-state index is 11.1. The predicted octanol–water partition coefficient (Wildman–Crippen LogP) is 0.967. The van der Waals surface area contributed by atoms with Crippen LogP contribution in [-0.2, 0) is 6.54 Å². The molecular weight excluding hydrogens is 296 g/mol. The van der Waals surface area contributed by atoms with Crippen molar-refractivity contribution in [1.29, 1.82) is 0 Å². The summed E-state index contributed by atoms with van der Waals surface area (Å²) < 4.78 is 5.22. The van der Waals surface area contributed by atoms with Crippen LogP contribution in [0.3, 0.4) is 0 Å². The molecule has 122 valence electrons. The lowest BCUT2D eigenvalue weighted by Gasteiger charge is -2.22. The van der Waals surface area contributed by atoms with E-state index < -0.39 is 5.91 Å². The van der Waals surface area contributed by atoms with E-state index >= 15 is 0 Å². The van der Waals surface area contributed by atoms with Gasteiger partial charge in [0, 0.05) is 26.8 Å². The highest BCUT2D eigenvalue weighted by molar-refractivity contribution is 5.88. The Morgan fingerprint density at radius 1 is 1.52 bits per heavy atom. The lowest BCUT2D eigenvalue weighted by molar-refractivity contribution is 0.0987. The molecule has 0 saturated carbocycles. The minimum Gasteiger partial charge on any atom is -0.363 e. The van der Waals surface area contributed by atoms with Crippen LogP contribution in [0, 0.1) is 0 Å². The molecule has 1 amide bonds. The molecule has 0 bridgehead atoms. The zero-order valence-corrected chi connectivity index (χ0v) is 13.3. The van der Waals surface area contributed by atoms with E-state index in [-0.39, 0.29) is 11.9 Å². The Balaban J connectivity index is 1.76. The van der Waals surface area contributed by atoms with E-state index in [0.717, 1.165) is 31.7 Å². The summed E-state index contributed by atoms with van der Waals surface area (Å²) in [5.41, 5.74) is 6.35. The molecule has 8 heteroatoms. The van der Waals surface area contributed by atoms with Crippen LogP contribution in [-0.4, -0.2) is 46.6 Å². The zero-order valence-electron chi connectivity index (χ0n) is 13.3. The van der Waals surface area contributed by atoms with E-state index in [1.54, 1.807) is 0 Å². The van der Waals surface area contributed by atoms with Crippen molar-refractivity contribution in [3.63, 3.8) is 0 Å². The van der Waals surface area contributed by atoms with Crippen LogP contribution in [0.15, 0.2) is 22.9 Å². The van der Waals surface area contributed by atoms with Gasteiger partial charge in [-0.25, -0.2) is 4.98 Å². The fraction of sp³-hybridized carbons (Fsp3) is 0.467. The largest absolute Gasteiger partial charge is 0.363 e. The third-order valence-electron chi connectivity index (χ3n) is 3.96. The Morgan fingerprint density at radius 3 is 3.04 bits per heavy atom. The number of nitrogens with two attached hydrogens (primary N) is 1. The van der Waals surface area contributed by atoms with E-state index in [2.05, 4.69) is 26.1 Å². The number of anilines is 1. The van der Waals surface area contributed by atoms with E-state index in [1.807, 2.05) is 31.3 Å². The second-order valence-corrected chi connectivity index (χ2v) is 5.87. The SMILES string of the molecule is CN(C)c1cc(CN2CCC[C@@H]2c2nc(C(N)=O)no2)ccn1. The first-order valence-electron chi connectivity index (χ1n) is 7.54. The minimum absolute atomic E-state index is 0.0200. The maximum Gasteiger partial charge on any atom is 0.290 e. The van der Waals surface area contributed by atoms with Crippen LogP contribution in [0.25, 0.3) is 0 Å². The van der Waals surface area contributed by atoms with Crippen molar-refractivity contribution in [2.45, 2.75) is 25.4 Å². The van der Waals surface area contributed by atoms with Crippen molar-refractivity contribution in [3.05, 3.63) is 35.6 Å². The molecular formula is C15H20N6O2. The third-order valence-corrected chi connectivity index (χ3v) is 3.96. The number of amides is 1. The van der Waals surface area contributed by atoms with Gasteiger partial charge in [-0.15, -0.1) is 0 Å². The molecule has 23 heavy (non-hydrogen) atoms. The smallest absolute Gasteiger partial charge is 0.290 e. The van der Waals surface area contributed by atoms with Gasteiger partial charge in [0.2, 0.25) is 5.89 Å². The molecule has 0 aromatic carbocycles. The Hall–Kier alpha value is -2.48. The predicted molar refractivity (Wildman–Crippen MR) is 83.8 cm³/mol. The third kappa shape index (κ3) is 3.31. The van der Waals surface area contributed by atoms with Gasteiger partial charge in [-0.2, -0.15) is 4.98 Å². The molecule has 1 aliphatic heterocycles. The molecule has 2 aromatic heterocycles. The van der Waals surface area contributed by atoms with Gasteiger partial charge in [-0.3, -0.25) is 9.69 Å². The highest BCUT2D eigenvalue weighted by atomic mass is 16.5. The van der Waals surface area contributed by atoms with Crippen LogP contribution >= 0.6 is 0 Å². The van der Waals surface area contributed by atoms with Crippen molar-refractivity contribution in [2.24, 2.45) is 5.73 Å². The van der Waals surface area contributed by atoms with Crippen molar-refractivity contribution < 1.29 is 9.32 Å². The summed E-state index contributed by atoms with van der Waals surface area (Å²) in [5, 5.41) is 3.64. The first-order valence-corrected chi connectivity index (χ1v) is 7.54. The number of hydrogen-bond donors (Lipinski definition) is 1. The van der Waals surface area contributed by atoms with E-state index in [1.165, 1.54) is 5.56 Å². The van der Waals surface area contributed by atoms with Gasteiger partial charge in [0.25, 0.3) is 11.7 Å². The molecule has 0 spiro atoms. The number of primary amides is 1. The number of nitrogens with zero attached hydrogens (tertiary/aromatic N) is 5. The number of aromatic nitrogens is 3. The zero-order chi connectivity index (χ0) is 16.4. The molecule has 3 rings (SSSR count). The standard InChI is InChI=1S/C15H20N6O2/c1-20(2)12-8-10(5-6-17-12)9-21-7-3-4-11(21)15-18-14(13(16)22)19-23-15/h5-6,8,11H,3-4,7,9H2,1-2H3,(H2,16,22)/t11-/m1/s1. The quantitative estimate of drug-likeness (QED) is 0.876. The Morgan fingerprint density at radius 2 is 2.35 bits per heavy atom. The molecule has 2 aromatic rings. The highest BCUT2D eigenvalue weighted by Crippen LogP contribution is 2.32. The van der Waals surface area contributed by atoms with Crippen LogP contribution in [0.4, 0.5) is 5.82 Å². The molecule has 1 aliphatic rings.